The zero-order valence-corrected chi connectivity index (χ0v) is 10.4. The van der Waals surface area contributed by atoms with Gasteiger partial charge in [-0.1, -0.05) is 36.4 Å². The molecule has 1 heterocycles. The van der Waals surface area contributed by atoms with Crippen molar-refractivity contribution in [3.05, 3.63) is 54.5 Å². The number of nitrogens with one attached hydrogen (secondary N) is 2. The first-order chi connectivity index (χ1) is 9.88. The Kier molecular flexibility index (Phi) is 3.08. The lowest BCUT2D eigenvalue weighted by atomic mass is 10.1. The first kappa shape index (κ1) is 11.9. The Hall–Kier alpha value is -3.20. The van der Waals surface area contributed by atoms with E-state index in [4.69, 9.17) is 5.26 Å². The lowest BCUT2D eigenvalue weighted by molar-refractivity contribution is 0.881. The van der Waals surface area contributed by atoms with E-state index >= 15 is 0 Å². The van der Waals surface area contributed by atoms with Gasteiger partial charge in [0.25, 0.3) is 0 Å². The summed E-state index contributed by atoms with van der Waals surface area (Å²) in [5.41, 5.74) is 1.23. The van der Waals surface area contributed by atoms with Gasteiger partial charge in [0.1, 0.15) is 11.6 Å². The number of fused-ring (bicyclic) bond motifs is 1. The zero-order valence-electron chi connectivity index (χ0n) is 10.4. The molecule has 2 N–H and O–H groups in total. The fourth-order valence-electron chi connectivity index (χ4n) is 1.92. The van der Waals surface area contributed by atoms with Crippen molar-refractivity contribution in [2.75, 3.05) is 5.32 Å². The van der Waals surface area contributed by atoms with Crippen molar-refractivity contribution in [1.29, 1.82) is 5.26 Å². The van der Waals surface area contributed by atoms with Gasteiger partial charge in [-0.15, -0.1) is 10.2 Å². The quantitative estimate of drug-likeness (QED) is 0.707. The first-order valence-corrected chi connectivity index (χ1v) is 5.97. The molecule has 6 heteroatoms. The molecule has 0 bridgehead atoms. The number of tetrazole rings is 1. The SMILES string of the molecule is N#CC(=CNc1cccc2ccccc12)c1nn[nH]n1. The molecule has 0 amide bonds. The Balaban J connectivity index is 1.96. The van der Waals surface area contributed by atoms with Crippen molar-refractivity contribution in [3.8, 4) is 6.07 Å². The molecule has 3 rings (SSSR count). The fraction of sp³-hybridized carbons (Fsp3) is 0. The zero-order chi connectivity index (χ0) is 13.8. The fourth-order valence-corrected chi connectivity index (χ4v) is 1.92. The second-order valence-electron chi connectivity index (χ2n) is 4.08. The molecule has 0 aliphatic carbocycles. The molecular formula is C14H10N6. The van der Waals surface area contributed by atoms with Crippen molar-refractivity contribution >= 4 is 22.0 Å². The summed E-state index contributed by atoms with van der Waals surface area (Å²) < 4.78 is 0. The number of hydrogen-bond acceptors (Lipinski definition) is 5. The summed E-state index contributed by atoms with van der Waals surface area (Å²) in [6.07, 6.45) is 1.58. The van der Waals surface area contributed by atoms with E-state index in [0.29, 0.717) is 5.57 Å². The number of H-pyrrole nitrogens is 1. The molecule has 0 spiro atoms. The number of benzene rings is 2. The Labute approximate surface area is 114 Å². The molecular weight excluding hydrogens is 252 g/mol. The van der Waals surface area contributed by atoms with E-state index in [2.05, 4.69) is 25.9 Å². The van der Waals surface area contributed by atoms with Crippen molar-refractivity contribution in [2.24, 2.45) is 0 Å². The van der Waals surface area contributed by atoms with Crippen LogP contribution in [0.5, 0.6) is 0 Å². The Bertz CT molecular complexity index is 793. The summed E-state index contributed by atoms with van der Waals surface area (Å²) >= 11 is 0. The molecule has 1 aromatic heterocycles. The van der Waals surface area contributed by atoms with Gasteiger partial charge in [0.05, 0.1) is 0 Å². The number of nitriles is 1. The molecule has 0 unspecified atom stereocenters. The summed E-state index contributed by atoms with van der Waals surface area (Å²) in [4.78, 5) is 0. The van der Waals surface area contributed by atoms with Crippen LogP contribution in [-0.2, 0) is 0 Å². The number of anilines is 1. The van der Waals surface area contributed by atoms with Crippen LogP contribution in [0.2, 0.25) is 0 Å². The second-order valence-corrected chi connectivity index (χ2v) is 4.08. The summed E-state index contributed by atoms with van der Waals surface area (Å²) in [6.45, 7) is 0. The minimum atomic E-state index is 0.264. The van der Waals surface area contributed by atoms with E-state index in [1.807, 2.05) is 48.5 Å². The Morgan fingerprint density at radius 2 is 2.05 bits per heavy atom. The summed E-state index contributed by atoms with van der Waals surface area (Å²) in [7, 11) is 0. The standard InChI is InChI=1S/C14H10N6/c15-8-11(14-17-19-20-18-14)9-16-13-7-3-5-10-4-1-2-6-12(10)13/h1-7,9,16H,(H,17,18,19,20). The van der Waals surface area contributed by atoms with Crippen LogP contribution in [0, 0.1) is 11.3 Å². The highest BCUT2D eigenvalue weighted by Crippen LogP contribution is 2.23. The van der Waals surface area contributed by atoms with Crippen LogP contribution in [0.4, 0.5) is 5.69 Å². The number of nitrogens with zero attached hydrogens (tertiary/aromatic N) is 4. The van der Waals surface area contributed by atoms with Crippen LogP contribution in [0.1, 0.15) is 5.82 Å². The molecule has 6 nitrogen and oxygen atoms in total. The van der Waals surface area contributed by atoms with Crippen LogP contribution in [0.15, 0.2) is 48.7 Å². The van der Waals surface area contributed by atoms with Crippen molar-refractivity contribution < 1.29 is 0 Å². The maximum Gasteiger partial charge on any atom is 0.216 e. The van der Waals surface area contributed by atoms with Crippen molar-refractivity contribution in [2.45, 2.75) is 0 Å². The molecule has 0 saturated carbocycles. The third kappa shape index (κ3) is 2.20. The number of rotatable bonds is 3. The average Bonchev–Trinajstić information content (AvgIpc) is 3.02. The lowest BCUT2D eigenvalue weighted by Crippen LogP contribution is -1.93. The van der Waals surface area contributed by atoms with Gasteiger partial charge < -0.3 is 5.32 Å². The number of allylic oxidation sites excluding steroid dienone is 1. The molecule has 96 valence electrons. The number of aromatic amines is 1. The minimum Gasteiger partial charge on any atom is -0.360 e. The van der Waals surface area contributed by atoms with Gasteiger partial charge in [0.2, 0.25) is 5.82 Å². The lowest BCUT2D eigenvalue weighted by Gasteiger charge is -2.06. The molecule has 3 aromatic rings. The molecule has 0 saturated heterocycles. The largest absolute Gasteiger partial charge is 0.360 e. The highest BCUT2D eigenvalue weighted by molar-refractivity contribution is 5.94. The topological polar surface area (TPSA) is 90.3 Å². The first-order valence-electron chi connectivity index (χ1n) is 5.97. The maximum atomic E-state index is 9.11. The third-order valence-corrected chi connectivity index (χ3v) is 2.87. The van der Waals surface area contributed by atoms with Gasteiger partial charge in [0.15, 0.2) is 0 Å². The van der Waals surface area contributed by atoms with Gasteiger partial charge in [-0.2, -0.15) is 10.5 Å². The van der Waals surface area contributed by atoms with Gasteiger partial charge in [0, 0.05) is 17.3 Å². The van der Waals surface area contributed by atoms with Gasteiger partial charge in [-0.05, 0) is 16.7 Å². The van der Waals surface area contributed by atoms with E-state index < -0.39 is 0 Å². The summed E-state index contributed by atoms with van der Waals surface area (Å²) in [5.74, 6) is 0.264. The van der Waals surface area contributed by atoms with E-state index in [9.17, 15) is 0 Å². The van der Waals surface area contributed by atoms with Gasteiger partial charge in [-0.3, -0.25) is 0 Å². The Morgan fingerprint density at radius 3 is 2.85 bits per heavy atom. The van der Waals surface area contributed by atoms with Crippen LogP contribution >= 0.6 is 0 Å². The van der Waals surface area contributed by atoms with E-state index in [1.54, 1.807) is 6.20 Å². The Morgan fingerprint density at radius 1 is 1.20 bits per heavy atom. The van der Waals surface area contributed by atoms with E-state index in [0.717, 1.165) is 16.5 Å². The third-order valence-electron chi connectivity index (χ3n) is 2.87. The predicted molar refractivity (Wildman–Crippen MR) is 75.3 cm³/mol. The molecule has 0 fully saturated rings. The van der Waals surface area contributed by atoms with Crippen LogP contribution in [0.3, 0.4) is 0 Å². The number of hydrogen-bond donors (Lipinski definition) is 2. The monoisotopic (exact) mass is 262 g/mol. The average molecular weight is 262 g/mol. The molecule has 0 atom stereocenters. The molecule has 0 aliphatic rings. The molecule has 0 radical (unpaired) electrons. The van der Waals surface area contributed by atoms with Crippen molar-refractivity contribution in [3.63, 3.8) is 0 Å². The summed E-state index contributed by atoms with van der Waals surface area (Å²) in [5, 5.41) is 27.8. The van der Waals surface area contributed by atoms with Gasteiger partial charge >= 0.3 is 0 Å². The van der Waals surface area contributed by atoms with E-state index in [1.165, 1.54) is 0 Å². The predicted octanol–water partition coefficient (Wildman–Crippen LogP) is 2.33. The summed E-state index contributed by atoms with van der Waals surface area (Å²) in [6, 6.07) is 16.0. The maximum absolute atomic E-state index is 9.11. The van der Waals surface area contributed by atoms with Gasteiger partial charge in [-0.25, -0.2) is 0 Å². The van der Waals surface area contributed by atoms with Crippen LogP contribution in [-0.4, -0.2) is 20.6 Å². The smallest absolute Gasteiger partial charge is 0.216 e. The minimum absolute atomic E-state index is 0.264. The van der Waals surface area contributed by atoms with Crippen molar-refractivity contribution in [1.82, 2.24) is 20.6 Å². The number of aromatic nitrogens is 4. The molecule has 2 aromatic carbocycles. The van der Waals surface area contributed by atoms with E-state index in [-0.39, 0.29) is 5.82 Å². The normalized spacial score (nSPS) is 11.2. The highest BCUT2D eigenvalue weighted by Gasteiger charge is 2.05. The van der Waals surface area contributed by atoms with Crippen LogP contribution < -0.4 is 5.32 Å². The second kappa shape index (κ2) is 5.20. The van der Waals surface area contributed by atoms with Crippen LogP contribution in [0.25, 0.3) is 16.3 Å². The molecule has 0 aliphatic heterocycles. The highest BCUT2D eigenvalue weighted by atomic mass is 15.5. The molecule has 20 heavy (non-hydrogen) atoms.